The molecule has 0 saturated heterocycles. The zero-order valence-corrected chi connectivity index (χ0v) is 20.9. The molecule has 10 heteroatoms. The van der Waals surface area contributed by atoms with Gasteiger partial charge < -0.3 is 9.84 Å². The summed E-state index contributed by atoms with van der Waals surface area (Å²) < 4.78 is 8.36. The van der Waals surface area contributed by atoms with Gasteiger partial charge in [0, 0.05) is 18.0 Å². The van der Waals surface area contributed by atoms with Crippen molar-refractivity contribution in [3.05, 3.63) is 31.3 Å². The molecule has 182 valence electrons. The summed E-state index contributed by atoms with van der Waals surface area (Å²) in [5, 5.41) is 11.3. The highest BCUT2D eigenvalue weighted by atomic mass is 32.1. The number of carbonyl (C=O) groups is 1. The predicted octanol–water partition coefficient (Wildman–Crippen LogP) is 3.47. The summed E-state index contributed by atoms with van der Waals surface area (Å²) in [6, 6.07) is -0.0484. The standard InChI is InChI=1S/C23H34N4O5S/c1-14-16(13-24-27(21(30)31)22(2,3)4)33-19-17(14)18(28)26(20(29)25(19)9-10-32-5)15-11-23(12-15)7-6-8-23/h15,24H,6-13H2,1-5H3,(H,30,31). The number of aryl methyl sites for hydroxylation is 1. The average molecular weight is 479 g/mol. The molecule has 2 fully saturated rings. The average Bonchev–Trinajstić information content (AvgIpc) is 2.97. The van der Waals surface area contributed by atoms with Crippen molar-refractivity contribution >= 4 is 27.6 Å². The van der Waals surface area contributed by atoms with Crippen LogP contribution in [0.3, 0.4) is 0 Å². The number of ether oxygens (including phenoxy) is 1. The van der Waals surface area contributed by atoms with E-state index in [0.717, 1.165) is 23.3 Å². The minimum Gasteiger partial charge on any atom is -0.464 e. The lowest BCUT2D eigenvalue weighted by Crippen LogP contribution is -2.52. The number of fused-ring (bicyclic) bond motifs is 1. The molecule has 9 nitrogen and oxygen atoms in total. The Morgan fingerprint density at radius 1 is 1.30 bits per heavy atom. The first-order valence-corrected chi connectivity index (χ1v) is 12.3. The second kappa shape index (κ2) is 8.56. The van der Waals surface area contributed by atoms with Crippen LogP contribution in [0.25, 0.3) is 10.2 Å². The fourth-order valence-corrected chi connectivity index (χ4v) is 6.48. The van der Waals surface area contributed by atoms with Crippen molar-refractivity contribution in [2.75, 3.05) is 13.7 Å². The van der Waals surface area contributed by atoms with E-state index in [1.807, 2.05) is 6.92 Å². The first-order valence-electron chi connectivity index (χ1n) is 11.5. The first kappa shape index (κ1) is 24.0. The quantitative estimate of drug-likeness (QED) is 0.591. The van der Waals surface area contributed by atoms with Gasteiger partial charge in [0.1, 0.15) is 4.83 Å². The van der Waals surface area contributed by atoms with Crippen molar-refractivity contribution in [3.63, 3.8) is 0 Å². The fraction of sp³-hybridized carbons (Fsp3) is 0.696. The third-order valence-corrected chi connectivity index (χ3v) is 8.55. The van der Waals surface area contributed by atoms with Crippen LogP contribution in [0, 0.1) is 12.3 Å². The van der Waals surface area contributed by atoms with Crippen molar-refractivity contribution in [3.8, 4) is 0 Å². The summed E-state index contributed by atoms with van der Waals surface area (Å²) in [7, 11) is 1.59. The van der Waals surface area contributed by atoms with Gasteiger partial charge in [0.25, 0.3) is 5.56 Å². The molecule has 1 amide bonds. The molecule has 0 bridgehead atoms. The van der Waals surface area contributed by atoms with Crippen molar-refractivity contribution in [2.45, 2.75) is 84.5 Å². The largest absolute Gasteiger partial charge is 0.464 e. The molecule has 2 N–H and O–H groups in total. The summed E-state index contributed by atoms with van der Waals surface area (Å²) in [5.74, 6) is 0. The van der Waals surface area contributed by atoms with Crippen LogP contribution in [0.15, 0.2) is 9.59 Å². The number of hydrogen-bond donors (Lipinski definition) is 2. The normalized spacial score (nSPS) is 17.8. The van der Waals surface area contributed by atoms with E-state index in [4.69, 9.17) is 4.74 Å². The van der Waals surface area contributed by atoms with Crippen molar-refractivity contribution in [1.29, 1.82) is 0 Å². The molecule has 2 saturated carbocycles. The van der Waals surface area contributed by atoms with Crippen LogP contribution >= 0.6 is 11.3 Å². The molecule has 2 heterocycles. The van der Waals surface area contributed by atoms with Crippen LogP contribution in [0.5, 0.6) is 0 Å². The van der Waals surface area contributed by atoms with Crippen LogP contribution in [-0.4, -0.2) is 44.6 Å². The van der Waals surface area contributed by atoms with Crippen LogP contribution in [-0.2, 0) is 17.8 Å². The smallest absolute Gasteiger partial charge is 0.422 e. The summed E-state index contributed by atoms with van der Waals surface area (Å²) in [6.07, 6.45) is 4.35. The molecule has 2 aliphatic rings. The topological polar surface area (TPSA) is 106 Å². The Bertz CT molecular complexity index is 1180. The highest BCUT2D eigenvalue weighted by Crippen LogP contribution is 2.59. The summed E-state index contributed by atoms with van der Waals surface area (Å²) in [5.41, 5.74) is 2.99. The van der Waals surface area contributed by atoms with Gasteiger partial charge >= 0.3 is 11.8 Å². The van der Waals surface area contributed by atoms with E-state index in [1.165, 1.54) is 40.2 Å². The molecule has 0 unspecified atom stereocenters. The predicted molar refractivity (Wildman–Crippen MR) is 128 cm³/mol. The van der Waals surface area contributed by atoms with Gasteiger partial charge in [-0.3, -0.25) is 13.9 Å². The van der Waals surface area contributed by atoms with Gasteiger partial charge in [0.15, 0.2) is 0 Å². The number of nitrogens with zero attached hydrogens (tertiary/aromatic N) is 3. The number of hydrazine groups is 1. The summed E-state index contributed by atoms with van der Waals surface area (Å²) in [6.45, 7) is 8.27. The molecule has 2 aliphatic carbocycles. The molecule has 4 rings (SSSR count). The van der Waals surface area contributed by atoms with E-state index in [1.54, 1.807) is 32.4 Å². The summed E-state index contributed by atoms with van der Waals surface area (Å²) >= 11 is 1.37. The van der Waals surface area contributed by atoms with Crippen molar-refractivity contribution in [1.82, 2.24) is 19.6 Å². The second-order valence-electron chi connectivity index (χ2n) is 10.5. The minimum absolute atomic E-state index is 0.0484. The van der Waals surface area contributed by atoms with E-state index < -0.39 is 11.6 Å². The molecule has 2 aromatic rings. The highest BCUT2D eigenvalue weighted by Gasteiger charge is 2.49. The monoisotopic (exact) mass is 478 g/mol. The molecule has 33 heavy (non-hydrogen) atoms. The van der Waals surface area contributed by atoms with Gasteiger partial charge in [0.2, 0.25) is 0 Å². The first-order chi connectivity index (χ1) is 15.5. The lowest BCUT2D eigenvalue weighted by atomic mass is 9.54. The maximum Gasteiger partial charge on any atom is 0.422 e. The fourth-order valence-electron chi connectivity index (χ4n) is 5.23. The number of carboxylic acid groups (broad SMARTS) is 1. The summed E-state index contributed by atoms with van der Waals surface area (Å²) in [4.78, 5) is 40.2. The van der Waals surface area contributed by atoms with Gasteiger partial charge in [-0.05, 0) is 64.4 Å². The highest BCUT2D eigenvalue weighted by molar-refractivity contribution is 7.18. The lowest BCUT2D eigenvalue weighted by molar-refractivity contribution is -0.0205. The molecule has 0 radical (unpaired) electrons. The number of nitrogens with one attached hydrogen (secondary N) is 1. The SMILES string of the molecule is COCCn1c(=O)n(C2CC3(CCC3)C2)c(=O)c2c(C)c(CNN(C(=O)O)C(C)(C)C)sc21. The van der Waals surface area contributed by atoms with Gasteiger partial charge in [-0.2, -0.15) is 0 Å². The molecular formula is C23H34N4O5S. The van der Waals surface area contributed by atoms with Gasteiger partial charge in [-0.1, -0.05) is 6.42 Å². The van der Waals surface area contributed by atoms with E-state index in [0.29, 0.717) is 28.8 Å². The Morgan fingerprint density at radius 3 is 2.48 bits per heavy atom. The Kier molecular flexibility index (Phi) is 6.22. The molecule has 0 aromatic carbocycles. The number of rotatable bonds is 7. The van der Waals surface area contributed by atoms with Crippen molar-refractivity contribution in [2.24, 2.45) is 5.41 Å². The van der Waals surface area contributed by atoms with E-state index in [9.17, 15) is 19.5 Å². The Balaban J connectivity index is 1.75. The number of amides is 1. The maximum atomic E-state index is 13.6. The second-order valence-corrected chi connectivity index (χ2v) is 11.6. The van der Waals surface area contributed by atoms with Crippen LogP contribution in [0.4, 0.5) is 4.79 Å². The number of methoxy groups -OCH3 is 1. The minimum atomic E-state index is -1.07. The number of aromatic nitrogens is 2. The maximum absolute atomic E-state index is 13.6. The van der Waals surface area contributed by atoms with Gasteiger partial charge in [-0.25, -0.2) is 20.0 Å². The molecule has 0 aliphatic heterocycles. The number of thiophene rings is 1. The lowest BCUT2D eigenvalue weighted by Gasteiger charge is -2.54. The van der Waals surface area contributed by atoms with Gasteiger partial charge in [0.05, 0.1) is 30.6 Å². The van der Waals surface area contributed by atoms with Crippen LogP contribution in [0.1, 0.15) is 69.4 Å². The van der Waals surface area contributed by atoms with Crippen LogP contribution < -0.4 is 16.7 Å². The molecule has 1 spiro atoms. The van der Waals surface area contributed by atoms with Crippen LogP contribution in [0.2, 0.25) is 0 Å². The Morgan fingerprint density at radius 2 is 1.97 bits per heavy atom. The van der Waals surface area contributed by atoms with Gasteiger partial charge in [-0.15, -0.1) is 11.3 Å². The van der Waals surface area contributed by atoms with E-state index in [-0.39, 0.29) is 23.8 Å². The zero-order chi connectivity index (χ0) is 24.1. The Labute approximate surface area is 196 Å². The van der Waals surface area contributed by atoms with E-state index >= 15 is 0 Å². The molecule has 0 atom stereocenters. The number of hydrogen-bond acceptors (Lipinski definition) is 6. The van der Waals surface area contributed by atoms with Crippen molar-refractivity contribution < 1.29 is 14.6 Å². The molecule has 2 aromatic heterocycles. The van der Waals surface area contributed by atoms with E-state index in [2.05, 4.69) is 5.43 Å². The third-order valence-electron chi connectivity index (χ3n) is 7.24. The molecular weight excluding hydrogens is 444 g/mol. The Hall–Kier alpha value is -2.17. The third kappa shape index (κ3) is 4.13. The zero-order valence-electron chi connectivity index (χ0n) is 20.1.